The molecule has 25 heavy (non-hydrogen) atoms. The fraction of sp³-hybridized carbons (Fsp3) is 0.222. The van der Waals surface area contributed by atoms with Gasteiger partial charge in [0.1, 0.15) is 6.04 Å². The second-order valence-electron chi connectivity index (χ2n) is 5.40. The number of anilines is 1. The van der Waals surface area contributed by atoms with Crippen LogP contribution < -0.4 is 25.4 Å². The van der Waals surface area contributed by atoms with Crippen LogP contribution in [0.5, 0.6) is 11.5 Å². The summed E-state index contributed by atoms with van der Waals surface area (Å²) in [7, 11) is 0. The summed E-state index contributed by atoms with van der Waals surface area (Å²) in [5, 5.41) is 8.03. The predicted molar refractivity (Wildman–Crippen MR) is 92.6 cm³/mol. The first-order valence-corrected chi connectivity index (χ1v) is 7.97. The lowest BCUT2D eigenvalue weighted by Crippen LogP contribution is -2.43. The normalized spacial score (nSPS) is 13.0. The molecule has 0 aliphatic carbocycles. The van der Waals surface area contributed by atoms with E-state index in [0.717, 1.165) is 5.56 Å². The Morgan fingerprint density at radius 2 is 1.84 bits per heavy atom. The Morgan fingerprint density at radius 1 is 1.08 bits per heavy atom. The highest BCUT2D eigenvalue weighted by Gasteiger charge is 2.23. The Labute approximate surface area is 145 Å². The third-order valence-corrected chi connectivity index (χ3v) is 3.65. The van der Waals surface area contributed by atoms with Crippen LogP contribution in [0.15, 0.2) is 48.5 Å². The van der Waals surface area contributed by atoms with Crippen molar-refractivity contribution in [1.82, 2.24) is 10.6 Å². The number of amides is 3. The van der Waals surface area contributed by atoms with Gasteiger partial charge in [-0.2, -0.15) is 0 Å². The van der Waals surface area contributed by atoms with Crippen molar-refractivity contribution in [3.63, 3.8) is 0 Å². The molecule has 130 valence electrons. The zero-order valence-electron chi connectivity index (χ0n) is 13.7. The molecule has 1 heterocycles. The topological polar surface area (TPSA) is 88.7 Å². The first kappa shape index (κ1) is 16.6. The second kappa shape index (κ2) is 7.57. The van der Waals surface area contributed by atoms with Crippen molar-refractivity contribution >= 4 is 17.6 Å². The van der Waals surface area contributed by atoms with Gasteiger partial charge in [-0.25, -0.2) is 4.79 Å². The van der Waals surface area contributed by atoms with Gasteiger partial charge in [0.2, 0.25) is 6.79 Å². The molecule has 2 aromatic rings. The van der Waals surface area contributed by atoms with Crippen LogP contribution in [0, 0.1) is 0 Å². The number of hydrogen-bond donors (Lipinski definition) is 3. The molecule has 3 amide bonds. The third kappa shape index (κ3) is 4.00. The molecule has 2 aromatic carbocycles. The molecule has 0 aromatic heterocycles. The molecular weight excluding hydrogens is 322 g/mol. The van der Waals surface area contributed by atoms with Gasteiger partial charge < -0.3 is 20.1 Å². The van der Waals surface area contributed by atoms with Crippen LogP contribution in [0.2, 0.25) is 0 Å². The predicted octanol–water partition coefficient (Wildman–Crippen LogP) is 2.41. The Balaban J connectivity index is 1.81. The van der Waals surface area contributed by atoms with Crippen LogP contribution in [0.3, 0.4) is 0 Å². The van der Waals surface area contributed by atoms with Crippen molar-refractivity contribution in [2.45, 2.75) is 13.0 Å². The van der Waals surface area contributed by atoms with E-state index >= 15 is 0 Å². The highest BCUT2D eigenvalue weighted by Crippen LogP contribution is 2.35. The lowest BCUT2D eigenvalue weighted by Gasteiger charge is -2.20. The zero-order chi connectivity index (χ0) is 17.6. The second-order valence-corrected chi connectivity index (χ2v) is 5.40. The van der Waals surface area contributed by atoms with Gasteiger partial charge in [0.15, 0.2) is 11.5 Å². The summed E-state index contributed by atoms with van der Waals surface area (Å²) >= 11 is 0. The van der Waals surface area contributed by atoms with Gasteiger partial charge in [0, 0.05) is 18.3 Å². The Bertz CT molecular complexity index is 764. The van der Waals surface area contributed by atoms with E-state index in [4.69, 9.17) is 9.47 Å². The first-order chi connectivity index (χ1) is 12.2. The van der Waals surface area contributed by atoms with E-state index in [2.05, 4.69) is 16.0 Å². The molecule has 0 fully saturated rings. The summed E-state index contributed by atoms with van der Waals surface area (Å²) in [5.41, 5.74) is 1.42. The van der Waals surface area contributed by atoms with E-state index in [9.17, 15) is 9.59 Å². The van der Waals surface area contributed by atoms with Gasteiger partial charge in [-0.1, -0.05) is 30.3 Å². The Morgan fingerprint density at radius 3 is 2.60 bits per heavy atom. The molecule has 0 saturated heterocycles. The lowest BCUT2D eigenvalue weighted by molar-refractivity contribution is -0.120. The summed E-state index contributed by atoms with van der Waals surface area (Å²) in [4.78, 5) is 24.3. The standard InChI is InChI=1S/C18H19N3O4/c1-2-19-18(23)21-17(22)16(12-6-4-3-5-7-12)20-13-8-9-14-15(10-13)25-11-24-14/h3-10,16,20H,2,11H2,1H3,(H2,19,21,22,23)/t16-/m1/s1. The van der Waals surface area contributed by atoms with Crippen LogP contribution in [0.4, 0.5) is 10.5 Å². The van der Waals surface area contributed by atoms with Crippen LogP contribution in [0.25, 0.3) is 0 Å². The van der Waals surface area contributed by atoms with Crippen LogP contribution in [-0.2, 0) is 4.79 Å². The fourth-order valence-corrected chi connectivity index (χ4v) is 2.49. The van der Waals surface area contributed by atoms with E-state index < -0.39 is 18.0 Å². The molecule has 0 radical (unpaired) electrons. The molecule has 1 aliphatic rings. The van der Waals surface area contributed by atoms with Crippen LogP contribution in [-0.4, -0.2) is 25.3 Å². The average Bonchev–Trinajstić information content (AvgIpc) is 3.08. The molecule has 3 rings (SSSR count). The van der Waals surface area contributed by atoms with Crippen molar-refractivity contribution in [2.75, 3.05) is 18.7 Å². The summed E-state index contributed by atoms with van der Waals surface area (Å²) in [6.07, 6.45) is 0. The molecule has 3 N–H and O–H groups in total. The van der Waals surface area contributed by atoms with Crippen LogP contribution >= 0.6 is 0 Å². The van der Waals surface area contributed by atoms with Gasteiger partial charge in [-0.15, -0.1) is 0 Å². The largest absolute Gasteiger partial charge is 0.454 e. The highest BCUT2D eigenvalue weighted by molar-refractivity contribution is 5.98. The average molecular weight is 341 g/mol. The van der Waals surface area contributed by atoms with E-state index in [1.165, 1.54) is 0 Å². The fourth-order valence-electron chi connectivity index (χ4n) is 2.49. The number of benzene rings is 2. The maximum Gasteiger partial charge on any atom is 0.321 e. The molecule has 7 heteroatoms. The van der Waals surface area contributed by atoms with Crippen molar-refractivity contribution in [3.05, 3.63) is 54.1 Å². The number of carbonyl (C=O) groups excluding carboxylic acids is 2. The van der Waals surface area contributed by atoms with Gasteiger partial charge in [0.05, 0.1) is 0 Å². The van der Waals surface area contributed by atoms with Crippen LogP contribution in [0.1, 0.15) is 18.5 Å². The number of carbonyl (C=O) groups is 2. The molecular formula is C18H19N3O4. The maximum atomic E-state index is 12.6. The van der Waals surface area contributed by atoms with E-state index in [0.29, 0.717) is 23.7 Å². The van der Waals surface area contributed by atoms with Crippen molar-refractivity contribution in [2.24, 2.45) is 0 Å². The number of nitrogens with one attached hydrogen (secondary N) is 3. The summed E-state index contributed by atoms with van der Waals surface area (Å²) in [6, 6.07) is 13.2. The van der Waals surface area contributed by atoms with Gasteiger partial charge in [-0.3, -0.25) is 10.1 Å². The summed E-state index contributed by atoms with van der Waals surface area (Å²) in [6.45, 7) is 2.40. The Hall–Kier alpha value is -3.22. The molecule has 7 nitrogen and oxygen atoms in total. The number of urea groups is 1. The van der Waals surface area contributed by atoms with Crippen molar-refractivity contribution in [3.8, 4) is 11.5 Å². The SMILES string of the molecule is CCNC(=O)NC(=O)[C@H](Nc1ccc2c(c1)OCO2)c1ccccc1. The maximum absolute atomic E-state index is 12.6. The van der Waals surface area contributed by atoms with E-state index in [1.54, 1.807) is 25.1 Å². The number of rotatable bonds is 5. The summed E-state index contributed by atoms with van der Waals surface area (Å²) in [5.74, 6) is 0.823. The minimum atomic E-state index is -0.732. The lowest BCUT2D eigenvalue weighted by atomic mass is 10.1. The van der Waals surface area contributed by atoms with Crippen molar-refractivity contribution < 1.29 is 19.1 Å². The minimum Gasteiger partial charge on any atom is -0.454 e. The Kier molecular flexibility index (Phi) is 5.03. The summed E-state index contributed by atoms with van der Waals surface area (Å²) < 4.78 is 10.6. The molecule has 1 aliphatic heterocycles. The van der Waals surface area contributed by atoms with Gasteiger partial charge in [-0.05, 0) is 24.6 Å². The molecule has 0 spiro atoms. The molecule has 1 atom stereocenters. The smallest absolute Gasteiger partial charge is 0.321 e. The minimum absolute atomic E-state index is 0.179. The zero-order valence-corrected chi connectivity index (χ0v) is 13.7. The number of imide groups is 1. The molecule has 0 unspecified atom stereocenters. The number of fused-ring (bicyclic) bond motifs is 1. The molecule has 0 saturated carbocycles. The van der Waals surface area contributed by atoms with E-state index in [-0.39, 0.29) is 6.79 Å². The quantitative estimate of drug-likeness (QED) is 0.777. The molecule has 0 bridgehead atoms. The van der Waals surface area contributed by atoms with E-state index in [1.807, 2.05) is 30.3 Å². The first-order valence-electron chi connectivity index (χ1n) is 7.97. The number of ether oxygens (including phenoxy) is 2. The van der Waals surface area contributed by atoms with Gasteiger partial charge >= 0.3 is 6.03 Å². The van der Waals surface area contributed by atoms with Gasteiger partial charge in [0.25, 0.3) is 5.91 Å². The monoisotopic (exact) mass is 341 g/mol. The van der Waals surface area contributed by atoms with Crippen molar-refractivity contribution in [1.29, 1.82) is 0 Å². The number of hydrogen-bond acceptors (Lipinski definition) is 5. The highest BCUT2D eigenvalue weighted by atomic mass is 16.7. The third-order valence-electron chi connectivity index (χ3n) is 3.65.